The van der Waals surface area contributed by atoms with Gasteiger partial charge >= 0.3 is 0 Å². The molecule has 0 atom stereocenters. The van der Waals surface area contributed by atoms with E-state index in [4.69, 9.17) is 0 Å². The van der Waals surface area contributed by atoms with Gasteiger partial charge in [0.15, 0.2) is 0 Å². The van der Waals surface area contributed by atoms with Crippen molar-refractivity contribution in [3.8, 4) is 11.4 Å². The fourth-order valence-electron chi connectivity index (χ4n) is 10.9. The summed E-state index contributed by atoms with van der Waals surface area (Å²) >= 11 is 0. The monoisotopic (exact) mass is 956 g/mol. The van der Waals surface area contributed by atoms with Crippen LogP contribution in [-0.4, -0.2) is 9.13 Å². The van der Waals surface area contributed by atoms with Gasteiger partial charge < -0.3 is 18.9 Å². The molecule has 360 valence electrons. The van der Waals surface area contributed by atoms with Gasteiger partial charge in [0, 0.05) is 67.0 Å². The van der Waals surface area contributed by atoms with Gasteiger partial charge in [-0.15, -0.1) is 0 Å². The lowest BCUT2D eigenvalue weighted by molar-refractivity contribution is 1.13. The standard InChI is InChI=1S/C70H60N4/c1-5-49-25-41-67-63(45-49)64-46-50(6-2)26-42-68(64)73(67)61-37-33-59(34-38-61)71(55-15-11-9-12-16-55)57-29-21-53(22-30-57)19-20-54-23-31-58(32-24-54)72(56-17-13-10-14-18-56)60-35-39-62(40-36-60)74-69-43-27-51(7-3)47-65(69)66-48-52(8-4)28-44-70(66)74/h9-48H,5-8H2,1-4H3. The number of rotatable bonds is 14. The number of aryl methyl sites for hydroxylation is 4. The van der Waals surface area contributed by atoms with Crippen molar-refractivity contribution in [2.75, 3.05) is 9.80 Å². The highest BCUT2D eigenvalue weighted by molar-refractivity contribution is 6.11. The molecule has 0 bridgehead atoms. The Labute approximate surface area is 435 Å². The van der Waals surface area contributed by atoms with Crippen LogP contribution >= 0.6 is 0 Å². The molecule has 12 aromatic rings. The number of para-hydroxylation sites is 2. The highest BCUT2D eigenvalue weighted by Gasteiger charge is 2.19. The van der Waals surface area contributed by atoms with Gasteiger partial charge in [0.25, 0.3) is 0 Å². The summed E-state index contributed by atoms with van der Waals surface area (Å²) in [5, 5.41) is 5.26. The zero-order valence-electron chi connectivity index (χ0n) is 42.7. The molecular formula is C70H60N4. The predicted molar refractivity (Wildman–Crippen MR) is 317 cm³/mol. The second kappa shape index (κ2) is 20.0. The Hall–Kier alpha value is -8.86. The lowest BCUT2D eigenvalue weighted by atomic mass is 10.1. The minimum absolute atomic E-state index is 1.02. The van der Waals surface area contributed by atoms with Gasteiger partial charge in [0.2, 0.25) is 0 Å². The van der Waals surface area contributed by atoms with E-state index in [1.165, 1.54) is 65.9 Å². The molecule has 0 N–H and O–H groups in total. The molecular weight excluding hydrogens is 897 g/mol. The first-order valence-electron chi connectivity index (χ1n) is 26.4. The second-order valence-corrected chi connectivity index (χ2v) is 19.4. The van der Waals surface area contributed by atoms with Crippen LogP contribution in [0.3, 0.4) is 0 Å². The molecule has 0 saturated heterocycles. The average molecular weight is 957 g/mol. The smallest absolute Gasteiger partial charge is 0.0541 e. The molecule has 12 rings (SSSR count). The molecule has 2 heterocycles. The van der Waals surface area contributed by atoms with Crippen LogP contribution in [0.5, 0.6) is 0 Å². The zero-order chi connectivity index (χ0) is 50.1. The van der Waals surface area contributed by atoms with E-state index in [0.29, 0.717) is 0 Å². The van der Waals surface area contributed by atoms with Gasteiger partial charge in [-0.3, -0.25) is 0 Å². The first kappa shape index (κ1) is 46.2. The van der Waals surface area contributed by atoms with Crippen LogP contribution < -0.4 is 9.80 Å². The minimum Gasteiger partial charge on any atom is -0.311 e. The third kappa shape index (κ3) is 8.62. The molecule has 0 aliphatic rings. The third-order valence-electron chi connectivity index (χ3n) is 15.0. The molecule has 10 aromatic carbocycles. The molecule has 0 amide bonds. The number of nitrogens with zero attached hydrogens (tertiary/aromatic N) is 4. The lowest BCUT2D eigenvalue weighted by Crippen LogP contribution is -2.10. The maximum absolute atomic E-state index is 2.42. The van der Waals surface area contributed by atoms with E-state index in [1.54, 1.807) is 0 Å². The van der Waals surface area contributed by atoms with Crippen molar-refractivity contribution in [3.05, 3.63) is 264 Å². The average Bonchev–Trinajstić information content (AvgIpc) is 3.97. The molecule has 0 aliphatic heterocycles. The van der Waals surface area contributed by atoms with Crippen molar-refractivity contribution >= 4 is 89.9 Å². The summed E-state index contributed by atoms with van der Waals surface area (Å²) in [7, 11) is 0. The van der Waals surface area contributed by atoms with Crippen LogP contribution in [-0.2, 0) is 25.7 Å². The molecule has 4 heteroatoms. The van der Waals surface area contributed by atoms with Crippen molar-refractivity contribution < 1.29 is 0 Å². The Morgan fingerprint density at radius 1 is 0.284 bits per heavy atom. The summed E-state index contributed by atoms with van der Waals surface area (Å²) in [5.41, 5.74) is 21.6. The van der Waals surface area contributed by atoms with Gasteiger partial charge in [0.05, 0.1) is 22.1 Å². The zero-order valence-corrected chi connectivity index (χ0v) is 42.7. The first-order chi connectivity index (χ1) is 36.5. The molecule has 0 saturated carbocycles. The van der Waals surface area contributed by atoms with Gasteiger partial charge in [0.1, 0.15) is 0 Å². The molecule has 0 radical (unpaired) electrons. The molecule has 2 aromatic heterocycles. The van der Waals surface area contributed by atoms with Crippen molar-refractivity contribution in [2.45, 2.75) is 53.4 Å². The van der Waals surface area contributed by atoms with E-state index in [1.807, 2.05) is 0 Å². The fraction of sp³-hybridized carbons (Fsp3) is 0.114. The molecule has 74 heavy (non-hydrogen) atoms. The largest absolute Gasteiger partial charge is 0.311 e. The highest BCUT2D eigenvalue weighted by Crippen LogP contribution is 2.40. The lowest BCUT2D eigenvalue weighted by Gasteiger charge is -2.26. The quantitative estimate of drug-likeness (QED) is 0.101. The molecule has 0 spiro atoms. The van der Waals surface area contributed by atoms with Crippen LogP contribution in [0, 0.1) is 0 Å². The number of hydrogen-bond acceptors (Lipinski definition) is 2. The minimum atomic E-state index is 1.02. The number of benzene rings is 10. The SMILES string of the molecule is CCc1ccc2c(c1)c1cc(CC)ccc1n2-c1ccc(N(c2ccccc2)c2ccc(C=Cc3ccc(N(c4ccccc4)c4ccc(-n5c6ccc(CC)cc6c6cc(CC)ccc65)cc4)cc3)cc2)cc1. The van der Waals surface area contributed by atoms with E-state index >= 15 is 0 Å². The van der Waals surface area contributed by atoms with E-state index < -0.39 is 0 Å². The maximum atomic E-state index is 2.42. The number of hydrogen-bond donors (Lipinski definition) is 0. The normalized spacial score (nSPS) is 11.7. The van der Waals surface area contributed by atoms with Crippen LogP contribution in [0.4, 0.5) is 34.1 Å². The Morgan fingerprint density at radius 2 is 0.541 bits per heavy atom. The number of anilines is 6. The predicted octanol–water partition coefficient (Wildman–Crippen LogP) is 19.2. The Kier molecular flexibility index (Phi) is 12.5. The second-order valence-electron chi connectivity index (χ2n) is 19.4. The summed E-state index contributed by atoms with van der Waals surface area (Å²) in [6, 6.07) is 84.9. The topological polar surface area (TPSA) is 16.3 Å². The third-order valence-corrected chi connectivity index (χ3v) is 15.0. The van der Waals surface area contributed by atoms with Gasteiger partial charge in [-0.25, -0.2) is 0 Å². The number of fused-ring (bicyclic) bond motifs is 6. The van der Waals surface area contributed by atoms with E-state index in [-0.39, 0.29) is 0 Å². The highest BCUT2D eigenvalue weighted by atomic mass is 15.1. The van der Waals surface area contributed by atoms with Crippen LogP contribution in [0.2, 0.25) is 0 Å². The van der Waals surface area contributed by atoms with Crippen LogP contribution in [0.15, 0.2) is 231 Å². The summed E-state index contributed by atoms with van der Waals surface area (Å²) < 4.78 is 4.84. The summed E-state index contributed by atoms with van der Waals surface area (Å²) in [5.74, 6) is 0. The molecule has 4 nitrogen and oxygen atoms in total. The summed E-state index contributed by atoms with van der Waals surface area (Å²) in [4.78, 5) is 4.67. The van der Waals surface area contributed by atoms with E-state index in [9.17, 15) is 0 Å². The summed E-state index contributed by atoms with van der Waals surface area (Å²) in [6.07, 6.45) is 8.47. The van der Waals surface area contributed by atoms with Crippen LogP contribution in [0.1, 0.15) is 61.1 Å². The van der Waals surface area contributed by atoms with Gasteiger partial charge in [-0.2, -0.15) is 0 Å². The first-order valence-corrected chi connectivity index (χ1v) is 26.4. The fourth-order valence-corrected chi connectivity index (χ4v) is 10.9. The molecule has 0 unspecified atom stereocenters. The van der Waals surface area contributed by atoms with Crippen molar-refractivity contribution in [2.24, 2.45) is 0 Å². The van der Waals surface area contributed by atoms with Gasteiger partial charge in [-0.05, 0) is 205 Å². The summed E-state index contributed by atoms with van der Waals surface area (Å²) in [6.45, 7) is 8.93. The van der Waals surface area contributed by atoms with Crippen LogP contribution in [0.25, 0.3) is 67.1 Å². The van der Waals surface area contributed by atoms with Gasteiger partial charge in [-0.1, -0.05) is 125 Å². The van der Waals surface area contributed by atoms with E-state index in [2.05, 4.69) is 289 Å². The molecule has 0 fully saturated rings. The van der Waals surface area contributed by atoms with E-state index in [0.717, 1.165) is 82.3 Å². The van der Waals surface area contributed by atoms with Crippen molar-refractivity contribution in [1.82, 2.24) is 9.13 Å². The Balaban J connectivity index is 0.806. The number of aromatic nitrogens is 2. The van der Waals surface area contributed by atoms with Crippen molar-refractivity contribution in [1.29, 1.82) is 0 Å². The maximum Gasteiger partial charge on any atom is 0.0541 e. The Morgan fingerprint density at radius 3 is 0.811 bits per heavy atom. The van der Waals surface area contributed by atoms with Crippen molar-refractivity contribution in [3.63, 3.8) is 0 Å². The molecule has 0 aliphatic carbocycles. The Bertz CT molecular complexity index is 3570.